The summed E-state index contributed by atoms with van der Waals surface area (Å²) in [7, 11) is 2.16. The van der Waals surface area contributed by atoms with Crippen LogP contribution >= 0.6 is 0 Å². The number of piperazine rings is 1. The lowest BCUT2D eigenvalue weighted by Crippen LogP contribution is -2.47. The summed E-state index contributed by atoms with van der Waals surface area (Å²) in [5, 5.41) is 2.25. The number of hydrogen-bond acceptors (Lipinski definition) is 4. The molecule has 4 heteroatoms. The largest absolute Gasteiger partial charge is 0.399 e. The Morgan fingerprint density at radius 2 is 1.88 bits per heavy atom. The van der Waals surface area contributed by atoms with Gasteiger partial charge in [-0.05, 0) is 31.7 Å². The zero-order valence-electron chi connectivity index (χ0n) is 10.0. The molecule has 1 aromatic rings. The molecule has 1 heterocycles. The second kappa shape index (κ2) is 4.72. The Labute approximate surface area is 97.0 Å². The predicted octanol–water partition coefficient (Wildman–Crippen LogP) is 1.15. The molecule has 0 unspecified atom stereocenters. The molecular formula is C12H20N4. The summed E-state index contributed by atoms with van der Waals surface area (Å²) in [6.45, 7) is 6.40. The van der Waals surface area contributed by atoms with E-state index >= 15 is 0 Å². The highest BCUT2D eigenvalue weighted by Gasteiger charge is 2.13. The van der Waals surface area contributed by atoms with E-state index in [1.807, 2.05) is 18.2 Å². The molecule has 16 heavy (non-hydrogen) atoms. The fourth-order valence-corrected chi connectivity index (χ4v) is 1.85. The van der Waals surface area contributed by atoms with Crippen molar-refractivity contribution in [2.45, 2.75) is 6.92 Å². The third kappa shape index (κ3) is 2.65. The highest BCUT2D eigenvalue weighted by atomic mass is 15.5. The fourth-order valence-electron chi connectivity index (χ4n) is 1.85. The van der Waals surface area contributed by atoms with Crippen molar-refractivity contribution in [1.29, 1.82) is 0 Å². The van der Waals surface area contributed by atoms with E-state index in [1.165, 1.54) is 5.56 Å². The maximum absolute atomic E-state index is 5.79. The van der Waals surface area contributed by atoms with Crippen LogP contribution in [0, 0.1) is 6.92 Å². The molecule has 1 aliphatic rings. The summed E-state index contributed by atoms with van der Waals surface area (Å²) in [5.74, 6) is 0. The molecule has 0 spiro atoms. The minimum Gasteiger partial charge on any atom is -0.399 e. The van der Waals surface area contributed by atoms with Crippen molar-refractivity contribution in [2.75, 3.05) is 44.4 Å². The summed E-state index contributed by atoms with van der Waals surface area (Å²) in [6, 6.07) is 5.98. The lowest BCUT2D eigenvalue weighted by molar-refractivity contribution is 0.179. The number of nitrogens with zero attached hydrogens (tertiary/aromatic N) is 2. The van der Waals surface area contributed by atoms with Gasteiger partial charge in [0.05, 0.1) is 5.69 Å². The molecule has 4 nitrogen and oxygen atoms in total. The minimum absolute atomic E-state index is 0.808. The SMILES string of the molecule is Cc1ccc(N)cc1NN1CCN(C)CC1. The molecule has 1 saturated heterocycles. The van der Waals surface area contributed by atoms with Crippen molar-refractivity contribution in [2.24, 2.45) is 0 Å². The number of nitrogens with two attached hydrogens (primary N) is 1. The molecule has 0 amide bonds. The normalized spacial score (nSPS) is 18.6. The Kier molecular flexibility index (Phi) is 3.31. The van der Waals surface area contributed by atoms with Gasteiger partial charge in [0.1, 0.15) is 0 Å². The van der Waals surface area contributed by atoms with E-state index < -0.39 is 0 Å². The van der Waals surface area contributed by atoms with E-state index in [4.69, 9.17) is 5.73 Å². The fraction of sp³-hybridized carbons (Fsp3) is 0.500. The van der Waals surface area contributed by atoms with Crippen molar-refractivity contribution in [3.8, 4) is 0 Å². The lowest BCUT2D eigenvalue weighted by Gasteiger charge is -2.33. The Bertz CT molecular complexity index is 356. The number of hydrogen-bond donors (Lipinski definition) is 2. The average Bonchev–Trinajstić information content (AvgIpc) is 2.27. The van der Waals surface area contributed by atoms with Crippen LogP contribution in [0.5, 0.6) is 0 Å². The summed E-state index contributed by atoms with van der Waals surface area (Å²) >= 11 is 0. The summed E-state index contributed by atoms with van der Waals surface area (Å²) in [6.07, 6.45) is 0. The number of anilines is 2. The van der Waals surface area contributed by atoms with Crippen LogP contribution in [0.25, 0.3) is 0 Å². The lowest BCUT2D eigenvalue weighted by atomic mass is 10.2. The molecule has 0 radical (unpaired) electrons. The van der Waals surface area contributed by atoms with Gasteiger partial charge in [-0.3, -0.25) is 0 Å². The molecule has 3 N–H and O–H groups in total. The smallest absolute Gasteiger partial charge is 0.0539 e. The third-order valence-corrected chi connectivity index (χ3v) is 3.04. The second-order valence-electron chi connectivity index (χ2n) is 4.48. The topological polar surface area (TPSA) is 44.5 Å². The summed E-state index contributed by atoms with van der Waals surface area (Å²) in [4.78, 5) is 2.34. The van der Waals surface area contributed by atoms with Gasteiger partial charge in [0.2, 0.25) is 0 Å². The molecule has 1 aliphatic heterocycles. The minimum atomic E-state index is 0.808. The summed E-state index contributed by atoms with van der Waals surface area (Å²) < 4.78 is 0. The highest BCUT2D eigenvalue weighted by molar-refractivity contribution is 5.58. The molecule has 88 valence electrons. The van der Waals surface area contributed by atoms with Crippen LogP contribution in [0.4, 0.5) is 11.4 Å². The van der Waals surface area contributed by atoms with Crippen LogP contribution in [0.2, 0.25) is 0 Å². The van der Waals surface area contributed by atoms with Gasteiger partial charge in [0, 0.05) is 31.9 Å². The van der Waals surface area contributed by atoms with E-state index in [9.17, 15) is 0 Å². The van der Waals surface area contributed by atoms with Crippen LogP contribution in [0.3, 0.4) is 0 Å². The third-order valence-electron chi connectivity index (χ3n) is 3.04. The quantitative estimate of drug-likeness (QED) is 0.734. The van der Waals surface area contributed by atoms with Gasteiger partial charge in [-0.15, -0.1) is 0 Å². The van der Waals surface area contributed by atoms with Crippen molar-refractivity contribution in [3.63, 3.8) is 0 Å². The van der Waals surface area contributed by atoms with Crippen LogP contribution in [0.15, 0.2) is 18.2 Å². The Balaban J connectivity index is 2.00. The first-order valence-electron chi connectivity index (χ1n) is 5.71. The Morgan fingerprint density at radius 1 is 1.19 bits per heavy atom. The number of nitrogen functional groups attached to an aromatic ring is 1. The molecule has 0 saturated carbocycles. The van der Waals surface area contributed by atoms with Gasteiger partial charge in [0.25, 0.3) is 0 Å². The van der Waals surface area contributed by atoms with E-state index in [0.717, 1.165) is 37.6 Å². The Hall–Kier alpha value is -1.26. The van der Waals surface area contributed by atoms with Gasteiger partial charge in [-0.2, -0.15) is 0 Å². The van der Waals surface area contributed by atoms with Gasteiger partial charge in [0.15, 0.2) is 0 Å². The standard InChI is InChI=1S/C12H20N4/c1-10-3-4-11(13)9-12(10)14-16-7-5-15(2)6-8-16/h3-4,9,14H,5-8,13H2,1-2H3. The maximum Gasteiger partial charge on any atom is 0.0539 e. The van der Waals surface area contributed by atoms with Crippen molar-refractivity contribution in [3.05, 3.63) is 23.8 Å². The average molecular weight is 220 g/mol. The Morgan fingerprint density at radius 3 is 2.56 bits per heavy atom. The molecule has 0 atom stereocenters. The van der Waals surface area contributed by atoms with Crippen LogP contribution in [-0.4, -0.2) is 43.1 Å². The van der Waals surface area contributed by atoms with Gasteiger partial charge < -0.3 is 16.1 Å². The number of nitrogens with one attached hydrogen (secondary N) is 1. The monoisotopic (exact) mass is 220 g/mol. The molecule has 1 aromatic carbocycles. The number of aryl methyl sites for hydroxylation is 1. The maximum atomic E-state index is 5.79. The molecule has 0 aliphatic carbocycles. The van der Waals surface area contributed by atoms with E-state index in [-0.39, 0.29) is 0 Å². The number of rotatable bonds is 2. The van der Waals surface area contributed by atoms with Crippen LogP contribution in [0.1, 0.15) is 5.56 Å². The zero-order valence-corrected chi connectivity index (χ0v) is 10.0. The second-order valence-corrected chi connectivity index (χ2v) is 4.48. The van der Waals surface area contributed by atoms with Crippen LogP contribution in [-0.2, 0) is 0 Å². The van der Waals surface area contributed by atoms with Crippen molar-refractivity contribution >= 4 is 11.4 Å². The van der Waals surface area contributed by atoms with Crippen LogP contribution < -0.4 is 11.2 Å². The first-order valence-corrected chi connectivity index (χ1v) is 5.71. The first-order chi connectivity index (χ1) is 7.65. The molecule has 0 aromatic heterocycles. The molecular weight excluding hydrogens is 200 g/mol. The summed E-state index contributed by atoms with van der Waals surface area (Å²) in [5.41, 5.74) is 12.4. The number of likely N-dealkylation sites (N-methyl/N-ethyl adjacent to an activating group) is 1. The number of hydrazine groups is 1. The highest BCUT2D eigenvalue weighted by Crippen LogP contribution is 2.19. The molecule has 2 rings (SSSR count). The van der Waals surface area contributed by atoms with E-state index in [0.29, 0.717) is 0 Å². The molecule has 1 fully saturated rings. The van der Waals surface area contributed by atoms with Crippen molar-refractivity contribution < 1.29 is 0 Å². The molecule has 0 bridgehead atoms. The predicted molar refractivity (Wildman–Crippen MR) is 68.3 cm³/mol. The van der Waals surface area contributed by atoms with Gasteiger partial charge in [-0.25, -0.2) is 5.01 Å². The van der Waals surface area contributed by atoms with Crippen molar-refractivity contribution in [1.82, 2.24) is 9.91 Å². The van der Waals surface area contributed by atoms with Gasteiger partial charge >= 0.3 is 0 Å². The number of benzene rings is 1. The van der Waals surface area contributed by atoms with E-state index in [1.54, 1.807) is 0 Å². The van der Waals surface area contributed by atoms with Gasteiger partial charge in [-0.1, -0.05) is 6.07 Å². The first kappa shape index (κ1) is 11.2. The zero-order chi connectivity index (χ0) is 11.5. The van der Waals surface area contributed by atoms with E-state index in [2.05, 4.69) is 29.3 Å².